The lowest BCUT2D eigenvalue weighted by atomic mass is 10.6. The SMILES string of the molecule is C[Si](C)(C)n1cc(F)c(=O)n([Si](C)(C)C)c1=O.C[Si](C)(C)n1cc(F)c(=O)n([Si](C)(C)C)c1=O.O. The zero-order chi connectivity index (χ0) is 27.2. The van der Waals surface area contributed by atoms with Gasteiger partial charge in [0, 0.05) is 12.4 Å². The second-order valence-corrected chi connectivity index (χ2v) is 31.4. The highest BCUT2D eigenvalue weighted by atomic mass is 28.3. The smallest absolute Gasteiger partial charge is 0.314 e. The first-order valence-electron chi connectivity index (χ1n) is 11.0. The summed E-state index contributed by atoms with van der Waals surface area (Å²) in [4.78, 5) is 48.0. The van der Waals surface area contributed by atoms with Gasteiger partial charge in [0.1, 0.15) is 0 Å². The molecule has 0 aliphatic rings. The first-order valence-corrected chi connectivity index (χ1v) is 24.8. The quantitative estimate of drug-likeness (QED) is 0.527. The van der Waals surface area contributed by atoms with E-state index in [1.54, 1.807) is 0 Å². The van der Waals surface area contributed by atoms with E-state index in [-0.39, 0.29) is 16.9 Å². The van der Waals surface area contributed by atoms with Crippen molar-refractivity contribution in [1.82, 2.24) is 16.9 Å². The van der Waals surface area contributed by atoms with E-state index in [0.29, 0.717) is 0 Å². The van der Waals surface area contributed by atoms with Gasteiger partial charge in [-0.1, -0.05) is 78.6 Å². The summed E-state index contributed by atoms with van der Waals surface area (Å²) in [5.41, 5.74) is -2.31. The van der Waals surface area contributed by atoms with Gasteiger partial charge in [-0.2, -0.15) is 8.78 Å². The Bertz CT molecular complexity index is 1200. The van der Waals surface area contributed by atoms with E-state index in [4.69, 9.17) is 0 Å². The van der Waals surface area contributed by atoms with Gasteiger partial charge in [0.05, 0.1) is 0 Å². The summed E-state index contributed by atoms with van der Waals surface area (Å²) < 4.78 is 32.4. The number of hydrogen-bond acceptors (Lipinski definition) is 4. The van der Waals surface area contributed by atoms with Crippen LogP contribution in [-0.4, -0.2) is 55.3 Å². The molecule has 2 rings (SSSR count). The normalized spacial score (nSPS) is 12.5. The molecule has 2 aromatic rings. The van der Waals surface area contributed by atoms with Crippen molar-refractivity contribution in [2.24, 2.45) is 0 Å². The van der Waals surface area contributed by atoms with Crippen LogP contribution in [0.4, 0.5) is 8.78 Å². The van der Waals surface area contributed by atoms with E-state index < -0.39 is 55.7 Å². The number of rotatable bonds is 4. The van der Waals surface area contributed by atoms with Crippen LogP contribution >= 0.6 is 0 Å². The summed E-state index contributed by atoms with van der Waals surface area (Å²) in [6.07, 6.45) is 2.13. The molecule has 0 saturated carbocycles. The van der Waals surface area contributed by atoms with Crippen LogP contribution in [0.5, 0.6) is 0 Å². The lowest BCUT2D eigenvalue weighted by Crippen LogP contribution is -2.57. The van der Waals surface area contributed by atoms with Gasteiger partial charge < -0.3 is 13.9 Å². The summed E-state index contributed by atoms with van der Waals surface area (Å²) in [5, 5.41) is 0. The molecule has 2 heterocycles. The molecule has 0 bridgehead atoms. The fraction of sp³-hybridized carbons (Fsp3) is 0.600. The molecule has 0 saturated heterocycles. The minimum atomic E-state index is -2.21. The summed E-state index contributed by atoms with van der Waals surface area (Å²) in [6, 6.07) is 0. The van der Waals surface area contributed by atoms with Crippen LogP contribution in [0.15, 0.2) is 31.6 Å². The highest BCUT2D eigenvalue weighted by Crippen LogP contribution is 2.06. The van der Waals surface area contributed by atoms with E-state index in [1.165, 1.54) is 8.47 Å². The first kappa shape index (κ1) is 33.0. The molecule has 0 amide bonds. The third kappa shape index (κ3) is 7.52. The van der Waals surface area contributed by atoms with Crippen molar-refractivity contribution < 1.29 is 14.3 Å². The molecule has 0 spiro atoms. The Morgan fingerprint density at radius 2 is 0.743 bits per heavy atom. The van der Waals surface area contributed by atoms with Crippen molar-refractivity contribution in [3.63, 3.8) is 0 Å². The summed E-state index contributed by atoms with van der Waals surface area (Å²) in [6.45, 7) is 22.7. The molecular weight excluding hydrogens is 527 g/mol. The molecule has 0 aliphatic heterocycles. The third-order valence-electron chi connectivity index (χ3n) is 4.88. The van der Waals surface area contributed by atoms with E-state index in [1.807, 2.05) is 78.6 Å². The van der Waals surface area contributed by atoms with E-state index in [0.717, 1.165) is 20.9 Å². The fourth-order valence-corrected chi connectivity index (χ4v) is 8.54. The molecule has 15 heteroatoms. The molecule has 200 valence electrons. The Labute approximate surface area is 208 Å². The number of nitrogens with zero attached hydrogens (tertiary/aromatic N) is 4. The molecule has 0 atom stereocenters. The van der Waals surface area contributed by atoms with Crippen LogP contribution < -0.4 is 22.5 Å². The highest BCUT2D eigenvalue weighted by Gasteiger charge is 2.29. The van der Waals surface area contributed by atoms with Crippen molar-refractivity contribution in [2.45, 2.75) is 78.6 Å². The summed E-state index contributed by atoms with van der Waals surface area (Å²) in [5.74, 6) is -1.68. The van der Waals surface area contributed by atoms with Crippen molar-refractivity contribution in [3.05, 3.63) is 65.7 Å². The van der Waals surface area contributed by atoms with E-state index >= 15 is 0 Å². The molecule has 9 nitrogen and oxygen atoms in total. The fourth-order valence-electron chi connectivity index (χ4n) is 3.19. The predicted octanol–water partition coefficient (Wildman–Crippen LogP) is 2.21. The van der Waals surface area contributed by atoms with Gasteiger partial charge in [-0.3, -0.25) is 18.1 Å². The molecule has 0 radical (unpaired) electrons. The first-order chi connectivity index (χ1) is 14.9. The Kier molecular flexibility index (Phi) is 9.99. The van der Waals surface area contributed by atoms with Gasteiger partial charge in [0.25, 0.3) is 11.1 Å². The molecule has 35 heavy (non-hydrogen) atoms. The van der Waals surface area contributed by atoms with E-state index in [9.17, 15) is 28.0 Å². The van der Waals surface area contributed by atoms with Crippen molar-refractivity contribution in [1.29, 1.82) is 0 Å². The number of aromatic nitrogens is 4. The average molecular weight is 567 g/mol. The van der Waals surface area contributed by atoms with Gasteiger partial charge in [-0.05, 0) is 0 Å². The van der Waals surface area contributed by atoms with Crippen LogP contribution in [0.2, 0.25) is 78.6 Å². The largest absolute Gasteiger partial charge is 0.412 e. The molecule has 2 aromatic heterocycles. The van der Waals surface area contributed by atoms with Crippen molar-refractivity contribution >= 4 is 32.9 Å². The Morgan fingerprint density at radius 3 is 0.914 bits per heavy atom. The van der Waals surface area contributed by atoms with Crippen LogP contribution in [-0.2, 0) is 0 Å². The molecule has 0 aromatic carbocycles. The van der Waals surface area contributed by atoms with Gasteiger partial charge >= 0.3 is 11.4 Å². The maximum absolute atomic E-state index is 13.6. The van der Waals surface area contributed by atoms with Crippen molar-refractivity contribution in [3.8, 4) is 0 Å². The monoisotopic (exact) mass is 566 g/mol. The van der Waals surface area contributed by atoms with Crippen LogP contribution in [0.1, 0.15) is 0 Å². The highest BCUT2D eigenvalue weighted by molar-refractivity contribution is 6.76. The maximum Gasteiger partial charge on any atom is 0.314 e. The molecular formula is C20H40F2N4O5Si4. The number of halogens is 2. The average Bonchev–Trinajstić information content (AvgIpc) is 2.57. The second kappa shape index (κ2) is 10.6. The maximum atomic E-state index is 13.6. The topological polar surface area (TPSA) is 120 Å². The zero-order valence-electron chi connectivity index (χ0n) is 22.8. The van der Waals surface area contributed by atoms with Crippen LogP contribution in [0, 0.1) is 11.6 Å². The molecule has 0 fully saturated rings. The summed E-state index contributed by atoms with van der Waals surface area (Å²) >= 11 is 0. The minimum Gasteiger partial charge on any atom is -0.412 e. The Hall–Kier alpha value is -1.95. The van der Waals surface area contributed by atoms with Crippen LogP contribution in [0.25, 0.3) is 0 Å². The second-order valence-electron chi connectivity index (χ2n) is 12.2. The van der Waals surface area contributed by atoms with Crippen LogP contribution in [0.3, 0.4) is 0 Å². The number of hydrogen-bond donors (Lipinski definition) is 0. The molecule has 0 unspecified atom stereocenters. The van der Waals surface area contributed by atoms with Gasteiger partial charge in [-0.25, -0.2) is 9.59 Å². The zero-order valence-corrected chi connectivity index (χ0v) is 26.8. The Morgan fingerprint density at radius 1 is 0.514 bits per heavy atom. The van der Waals surface area contributed by atoms with Gasteiger partial charge in [-0.15, -0.1) is 0 Å². The van der Waals surface area contributed by atoms with Gasteiger partial charge in [0.2, 0.25) is 11.6 Å². The molecule has 0 aliphatic carbocycles. The van der Waals surface area contributed by atoms with E-state index in [2.05, 4.69) is 0 Å². The van der Waals surface area contributed by atoms with Gasteiger partial charge in [0.15, 0.2) is 32.9 Å². The lowest BCUT2D eigenvalue weighted by Gasteiger charge is -2.25. The molecule has 2 N–H and O–H groups in total. The standard InChI is InChI=1S/2C10H19FN2O2Si2.H2O/c2*1-16(2,3)12-7-8(11)9(14)13(10(12)15)17(4,5)6;/h2*7H,1-6H3;1H2. The van der Waals surface area contributed by atoms with Crippen molar-refractivity contribution in [2.75, 3.05) is 0 Å². The minimum absolute atomic E-state index is 0. The Balaban J connectivity index is 0.000000642. The lowest BCUT2D eigenvalue weighted by molar-refractivity contribution is 0.580. The summed E-state index contributed by atoms with van der Waals surface area (Å²) in [7, 11) is -8.45. The predicted molar refractivity (Wildman–Crippen MR) is 148 cm³/mol. The third-order valence-corrected chi connectivity index (χ3v) is 11.9.